The third kappa shape index (κ3) is 7.28. The first-order chi connectivity index (χ1) is 13.7. The number of hydrogen-bond acceptors (Lipinski definition) is 11. The second kappa shape index (κ2) is 9.27. The lowest BCUT2D eigenvalue weighted by Crippen LogP contribution is -2.28. The third-order valence-electron chi connectivity index (χ3n) is 3.36. The molecule has 0 aromatic carbocycles. The van der Waals surface area contributed by atoms with Crippen molar-refractivity contribution < 1.29 is 55.9 Å². The van der Waals surface area contributed by atoms with Crippen LogP contribution in [-0.2, 0) is 36.3 Å². The monoisotopic (exact) mass is 491 g/mol. The van der Waals surface area contributed by atoms with E-state index in [0.29, 0.717) is 0 Å². The number of ether oxygens (including phenoxy) is 2. The van der Waals surface area contributed by atoms with Crippen LogP contribution in [0, 0.1) is 12.5 Å². The van der Waals surface area contributed by atoms with E-state index in [4.69, 9.17) is 35.9 Å². The average molecular weight is 491 g/mol. The Labute approximate surface area is 168 Å². The van der Waals surface area contributed by atoms with Crippen molar-refractivity contribution in [1.29, 1.82) is 0 Å². The van der Waals surface area contributed by atoms with E-state index in [-0.39, 0.29) is 18.8 Å². The minimum absolute atomic E-state index is 0.0636. The maximum atomic E-state index is 12.1. The number of nitrogens with zero attached hydrogens (tertiary/aromatic N) is 2. The van der Waals surface area contributed by atoms with E-state index in [9.17, 15) is 28.3 Å². The van der Waals surface area contributed by atoms with Gasteiger partial charge < -0.3 is 34.8 Å². The molecule has 0 amide bonds. The molecule has 6 N–H and O–H groups in total. The molecule has 1 aromatic heterocycles. The summed E-state index contributed by atoms with van der Waals surface area (Å²) in [6, 6.07) is 1.29. The standard InChI is InChI=1S/C11H16N3O13P3/c1-2-23-6-8-7(5-10(24-8)14-4-3-9(12)13-11(14)15)25-29(19,20)27-30(21,22)26-28(16,17)18/h1,3-4,7-8,10H,5-6H2,(H,19,20)(H,21,22)(H2,12,13,15)(H2,16,17,18)/t7-,8+,10+/m0/s1. The van der Waals surface area contributed by atoms with Crippen molar-refractivity contribution >= 4 is 29.3 Å². The highest BCUT2D eigenvalue weighted by atomic mass is 31.3. The molecule has 30 heavy (non-hydrogen) atoms. The molecule has 0 bridgehead atoms. The average Bonchev–Trinajstić information content (AvgIpc) is 2.90. The van der Waals surface area contributed by atoms with E-state index in [1.54, 1.807) is 0 Å². The van der Waals surface area contributed by atoms with Crippen molar-refractivity contribution in [3.8, 4) is 12.5 Å². The van der Waals surface area contributed by atoms with Crippen molar-refractivity contribution in [2.75, 3.05) is 12.3 Å². The van der Waals surface area contributed by atoms with Crippen LogP contribution in [0.25, 0.3) is 0 Å². The third-order valence-corrected chi connectivity index (χ3v) is 7.22. The molecule has 1 aromatic rings. The molecule has 1 fully saturated rings. The fourth-order valence-corrected chi connectivity index (χ4v) is 5.60. The molecule has 0 radical (unpaired) electrons. The van der Waals surface area contributed by atoms with Gasteiger partial charge in [0.05, 0.1) is 0 Å². The fourth-order valence-electron chi connectivity index (χ4n) is 2.38. The summed E-state index contributed by atoms with van der Waals surface area (Å²) < 4.78 is 57.4. The molecule has 1 aliphatic heterocycles. The van der Waals surface area contributed by atoms with Gasteiger partial charge in [-0.05, 0) is 6.07 Å². The fraction of sp³-hybridized carbons (Fsp3) is 0.455. The Morgan fingerprint density at radius 1 is 1.27 bits per heavy atom. The van der Waals surface area contributed by atoms with Crippen molar-refractivity contribution in [1.82, 2.24) is 9.55 Å². The summed E-state index contributed by atoms with van der Waals surface area (Å²) in [7, 11) is -16.7. The molecule has 2 heterocycles. The largest absolute Gasteiger partial charge is 0.490 e. The maximum Gasteiger partial charge on any atom is 0.490 e. The molecule has 2 rings (SSSR count). The summed E-state index contributed by atoms with van der Waals surface area (Å²) in [5.74, 6) is -0.0636. The molecule has 19 heteroatoms. The summed E-state index contributed by atoms with van der Waals surface area (Å²) in [6.45, 7) is -0.384. The first-order valence-electron chi connectivity index (χ1n) is 7.61. The van der Waals surface area contributed by atoms with Gasteiger partial charge in [-0.3, -0.25) is 9.09 Å². The molecule has 2 unspecified atom stereocenters. The number of terminal acetylenes is 1. The highest BCUT2D eigenvalue weighted by Gasteiger charge is 2.46. The number of aromatic nitrogens is 2. The second-order valence-corrected chi connectivity index (χ2v) is 9.94. The predicted molar refractivity (Wildman–Crippen MR) is 95.0 cm³/mol. The Balaban J connectivity index is 2.19. The van der Waals surface area contributed by atoms with Crippen molar-refractivity contribution in [3.63, 3.8) is 0 Å². The number of phosphoric ester groups is 1. The normalized spacial score (nSPS) is 25.8. The zero-order valence-corrected chi connectivity index (χ0v) is 17.3. The predicted octanol–water partition coefficient (Wildman–Crippen LogP) is -0.568. The molecule has 1 saturated heterocycles. The van der Waals surface area contributed by atoms with Crippen molar-refractivity contribution in [2.45, 2.75) is 24.9 Å². The lowest BCUT2D eigenvalue weighted by molar-refractivity contribution is -0.0450. The molecular formula is C11H16N3O13P3. The topological polar surface area (TPSA) is 239 Å². The van der Waals surface area contributed by atoms with E-state index >= 15 is 0 Å². The minimum Gasteiger partial charge on any atom is -0.444 e. The number of hydrogen-bond donors (Lipinski definition) is 5. The smallest absolute Gasteiger partial charge is 0.444 e. The summed E-state index contributed by atoms with van der Waals surface area (Å²) in [5, 5.41) is 0. The first-order valence-corrected chi connectivity index (χ1v) is 12.1. The minimum atomic E-state index is -5.70. The van der Waals surface area contributed by atoms with Gasteiger partial charge >= 0.3 is 29.2 Å². The quantitative estimate of drug-likeness (QED) is 0.215. The van der Waals surface area contributed by atoms with Gasteiger partial charge in [-0.1, -0.05) is 6.42 Å². The van der Waals surface area contributed by atoms with Crippen LogP contribution < -0.4 is 11.4 Å². The van der Waals surface area contributed by atoms with E-state index in [2.05, 4.69) is 13.6 Å². The molecule has 0 saturated carbocycles. The van der Waals surface area contributed by atoms with Gasteiger partial charge in [-0.15, -0.1) is 0 Å². The molecular weight excluding hydrogens is 475 g/mol. The van der Waals surface area contributed by atoms with Crippen molar-refractivity contribution in [3.05, 3.63) is 22.7 Å². The van der Waals surface area contributed by atoms with Gasteiger partial charge in [0.1, 0.15) is 37.0 Å². The van der Waals surface area contributed by atoms with Crippen LogP contribution in [0.1, 0.15) is 12.6 Å². The highest BCUT2D eigenvalue weighted by Crippen LogP contribution is 2.67. The molecule has 1 aliphatic rings. The number of nitrogen functional groups attached to an aromatic ring is 1. The first kappa shape index (κ1) is 24.7. The van der Waals surface area contributed by atoms with Crippen LogP contribution in [0.5, 0.6) is 0 Å². The van der Waals surface area contributed by atoms with E-state index < -0.39 is 47.6 Å². The van der Waals surface area contributed by atoms with Crippen LogP contribution in [0.3, 0.4) is 0 Å². The van der Waals surface area contributed by atoms with Gasteiger partial charge in [0.2, 0.25) is 0 Å². The summed E-state index contributed by atoms with van der Waals surface area (Å²) >= 11 is 0. The zero-order chi connectivity index (χ0) is 22.7. The molecule has 0 spiro atoms. The van der Waals surface area contributed by atoms with Gasteiger partial charge in [-0.25, -0.2) is 18.5 Å². The Bertz CT molecular complexity index is 1020. The molecule has 0 aliphatic carbocycles. The summed E-state index contributed by atoms with van der Waals surface area (Å²) in [5.41, 5.74) is 4.59. The molecule has 168 valence electrons. The Hall–Kier alpha value is -1.59. The second-order valence-electron chi connectivity index (χ2n) is 5.57. The van der Waals surface area contributed by atoms with Gasteiger partial charge in [0.25, 0.3) is 0 Å². The summed E-state index contributed by atoms with van der Waals surface area (Å²) in [4.78, 5) is 51.5. The van der Waals surface area contributed by atoms with Crippen LogP contribution in [0.15, 0.2) is 17.1 Å². The van der Waals surface area contributed by atoms with E-state index in [0.717, 1.165) is 4.57 Å². The Kier molecular flexibility index (Phi) is 7.63. The number of nitrogens with two attached hydrogens (primary N) is 1. The van der Waals surface area contributed by atoms with Crippen LogP contribution in [0.4, 0.5) is 5.82 Å². The lowest BCUT2D eigenvalue weighted by atomic mass is 10.2. The number of phosphoric acid groups is 3. The lowest BCUT2D eigenvalue weighted by Gasteiger charge is -2.21. The SMILES string of the molecule is C#COC[C@H]1O[C@@H](n2ccc(N)nc2=O)C[C@@H]1OP(=O)(O)OP(=O)(O)OP(=O)(O)O. The Morgan fingerprint density at radius 3 is 2.50 bits per heavy atom. The number of rotatable bonds is 9. The highest BCUT2D eigenvalue weighted by molar-refractivity contribution is 7.66. The van der Waals surface area contributed by atoms with Gasteiger partial charge in [0, 0.05) is 12.6 Å². The van der Waals surface area contributed by atoms with Gasteiger partial charge in [0.15, 0.2) is 0 Å². The summed E-state index contributed by atoms with van der Waals surface area (Å²) in [6.07, 6.45) is 4.11. The maximum absolute atomic E-state index is 12.1. The van der Waals surface area contributed by atoms with Crippen LogP contribution in [0.2, 0.25) is 0 Å². The van der Waals surface area contributed by atoms with Gasteiger partial charge in [-0.2, -0.15) is 13.6 Å². The number of anilines is 1. The Morgan fingerprint density at radius 2 is 1.93 bits per heavy atom. The van der Waals surface area contributed by atoms with Crippen LogP contribution >= 0.6 is 23.5 Å². The van der Waals surface area contributed by atoms with E-state index in [1.807, 2.05) is 6.11 Å². The zero-order valence-electron chi connectivity index (χ0n) is 14.7. The van der Waals surface area contributed by atoms with E-state index in [1.165, 1.54) is 12.3 Å². The molecule has 5 atom stereocenters. The molecule has 16 nitrogen and oxygen atoms in total. The van der Waals surface area contributed by atoms with Crippen molar-refractivity contribution in [2.24, 2.45) is 0 Å². The van der Waals surface area contributed by atoms with Crippen LogP contribution in [-0.4, -0.2) is 47.9 Å².